The van der Waals surface area contributed by atoms with Crippen molar-refractivity contribution >= 4 is 41.1 Å². The number of rotatable bonds is 3. The summed E-state index contributed by atoms with van der Waals surface area (Å²) < 4.78 is 11.2. The van der Waals surface area contributed by atoms with Gasteiger partial charge < -0.3 is 14.6 Å². The third-order valence-electron chi connectivity index (χ3n) is 2.98. The molecule has 5 nitrogen and oxygen atoms in total. The van der Waals surface area contributed by atoms with E-state index >= 15 is 0 Å². The van der Waals surface area contributed by atoms with Crippen LogP contribution in [0.25, 0.3) is 12.2 Å². The fourth-order valence-corrected chi connectivity index (χ4v) is 2.91. The van der Waals surface area contributed by atoms with Gasteiger partial charge in [-0.2, -0.15) is 0 Å². The van der Waals surface area contributed by atoms with Crippen LogP contribution >= 0.6 is 22.9 Å². The normalized spacial score (nSPS) is 14.0. The summed E-state index contributed by atoms with van der Waals surface area (Å²) in [6.45, 7) is 1.17. The molecule has 0 saturated heterocycles. The van der Waals surface area contributed by atoms with Gasteiger partial charge in [-0.05, 0) is 23.8 Å². The minimum absolute atomic E-state index is 0.205. The molecular formula is C15H12ClNO4S. The number of nitrogens with zero attached hydrogens (tertiary/aromatic N) is 1. The maximum Gasteiger partial charge on any atom is 0.347 e. The highest BCUT2D eigenvalue weighted by molar-refractivity contribution is 7.14. The number of halogens is 1. The van der Waals surface area contributed by atoms with E-state index in [-0.39, 0.29) is 4.88 Å². The van der Waals surface area contributed by atoms with Crippen LogP contribution in [0.3, 0.4) is 0 Å². The molecule has 0 bridgehead atoms. The lowest BCUT2D eigenvalue weighted by atomic mass is 10.2. The van der Waals surface area contributed by atoms with Crippen LogP contribution in [0.2, 0.25) is 5.02 Å². The Morgan fingerprint density at radius 2 is 2.14 bits per heavy atom. The van der Waals surface area contributed by atoms with Crippen molar-refractivity contribution in [2.45, 2.75) is 6.42 Å². The van der Waals surface area contributed by atoms with Crippen molar-refractivity contribution in [1.29, 1.82) is 0 Å². The molecule has 3 rings (SSSR count). The lowest BCUT2D eigenvalue weighted by molar-refractivity contribution is 0.0702. The number of ether oxygens (including phenoxy) is 2. The largest absolute Gasteiger partial charge is 0.489 e. The fraction of sp³-hybridized carbons (Fsp3) is 0.200. The second-order valence-corrected chi connectivity index (χ2v) is 6.05. The van der Waals surface area contributed by atoms with Crippen LogP contribution in [0, 0.1) is 0 Å². The lowest BCUT2D eigenvalue weighted by Gasteiger charge is -2.09. The van der Waals surface area contributed by atoms with E-state index in [1.165, 1.54) is 6.20 Å². The minimum Gasteiger partial charge on any atom is -0.489 e. The molecule has 1 N–H and O–H groups in total. The van der Waals surface area contributed by atoms with Crippen molar-refractivity contribution in [2.24, 2.45) is 0 Å². The number of fused-ring (bicyclic) bond motifs is 1. The Kier molecular flexibility index (Phi) is 4.31. The highest BCUT2D eigenvalue weighted by atomic mass is 35.5. The Labute approximate surface area is 135 Å². The van der Waals surface area contributed by atoms with Gasteiger partial charge in [-0.25, -0.2) is 9.78 Å². The zero-order valence-electron chi connectivity index (χ0n) is 11.4. The first kappa shape index (κ1) is 14.9. The number of benzene rings is 1. The molecule has 1 aromatic heterocycles. The van der Waals surface area contributed by atoms with E-state index in [4.69, 9.17) is 26.2 Å². The Morgan fingerprint density at radius 1 is 1.32 bits per heavy atom. The van der Waals surface area contributed by atoms with Crippen molar-refractivity contribution in [2.75, 3.05) is 13.2 Å². The molecule has 0 fully saturated rings. The van der Waals surface area contributed by atoms with Gasteiger partial charge in [0.05, 0.1) is 24.4 Å². The van der Waals surface area contributed by atoms with Gasteiger partial charge in [0.2, 0.25) is 0 Å². The summed E-state index contributed by atoms with van der Waals surface area (Å²) in [5.41, 5.74) is 0.835. The van der Waals surface area contributed by atoms with Gasteiger partial charge >= 0.3 is 5.97 Å². The second kappa shape index (κ2) is 6.37. The first-order valence-electron chi connectivity index (χ1n) is 6.60. The third-order valence-corrected chi connectivity index (χ3v) is 4.21. The third kappa shape index (κ3) is 3.23. The summed E-state index contributed by atoms with van der Waals surface area (Å²) in [7, 11) is 0. The average Bonchev–Trinajstić information content (AvgIpc) is 2.84. The molecule has 0 unspecified atom stereocenters. The van der Waals surface area contributed by atoms with Crippen molar-refractivity contribution < 1.29 is 19.4 Å². The second-order valence-electron chi connectivity index (χ2n) is 4.58. The monoisotopic (exact) mass is 337 g/mol. The maximum atomic E-state index is 10.8. The van der Waals surface area contributed by atoms with Crippen molar-refractivity contribution in [3.05, 3.63) is 38.8 Å². The number of carbonyl (C=O) groups is 1. The molecule has 1 aliphatic rings. The Hall–Kier alpha value is -2.05. The van der Waals surface area contributed by atoms with Crippen molar-refractivity contribution in [3.8, 4) is 11.5 Å². The van der Waals surface area contributed by atoms with Crippen LogP contribution in [-0.4, -0.2) is 29.3 Å². The standard InChI is InChI=1S/C15H12ClNO4S/c16-10-6-9(7-11-14(10)21-5-1-4-20-11)2-3-13-17-8-12(22-13)15(18)19/h2-3,6-8H,1,4-5H2,(H,18,19). The van der Waals surface area contributed by atoms with E-state index < -0.39 is 5.97 Å². The molecule has 1 aromatic carbocycles. The predicted molar refractivity (Wildman–Crippen MR) is 85.1 cm³/mol. The molecule has 114 valence electrons. The van der Waals surface area contributed by atoms with Crippen LogP contribution < -0.4 is 9.47 Å². The van der Waals surface area contributed by atoms with Crippen LogP contribution in [0.1, 0.15) is 26.7 Å². The van der Waals surface area contributed by atoms with Crippen molar-refractivity contribution in [3.63, 3.8) is 0 Å². The van der Waals surface area contributed by atoms with E-state index in [9.17, 15) is 4.79 Å². The summed E-state index contributed by atoms with van der Waals surface area (Å²) >= 11 is 7.33. The highest BCUT2D eigenvalue weighted by Gasteiger charge is 2.15. The molecule has 7 heteroatoms. The Morgan fingerprint density at radius 3 is 2.91 bits per heavy atom. The van der Waals surface area contributed by atoms with Crippen LogP contribution in [0.15, 0.2) is 18.3 Å². The zero-order valence-corrected chi connectivity index (χ0v) is 13.0. The summed E-state index contributed by atoms with van der Waals surface area (Å²) in [6.07, 6.45) is 5.71. The molecule has 1 aliphatic heterocycles. The average molecular weight is 338 g/mol. The van der Waals surface area contributed by atoms with Gasteiger partial charge in [-0.1, -0.05) is 17.7 Å². The van der Waals surface area contributed by atoms with Crippen LogP contribution in [0.4, 0.5) is 0 Å². The SMILES string of the molecule is O=C(O)c1cnc(C=Cc2cc(Cl)c3c(c2)OCCCO3)s1. The number of hydrogen-bond donors (Lipinski definition) is 1. The number of aromatic carboxylic acids is 1. The van der Waals surface area contributed by atoms with E-state index in [0.717, 1.165) is 23.3 Å². The number of carboxylic acid groups (broad SMARTS) is 1. The van der Waals surface area contributed by atoms with Gasteiger partial charge in [0, 0.05) is 6.42 Å². The molecule has 0 radical (unpaired) electrons. The number of thiazole rings is 1. The molecule has 0 amide bonds. The van der Waals surface area contributed by atoms with E-state index in [2.05, 4.69) is 4.98 Å². The molecule has 0 spiro atoms. The number of carboxylic acids is 1. The van der Waals surface area contributed by atoms with Gasteiger partial charge in [-0.15, -0.1) is 11.3 Å². The minimum atomic E-state index is -0.976. The van der Waals surface area contributed by atoms with Gasteiger partial charge in [0.1, 0.15) is 9.88 Å². The first-order chi connectivity index (χ1) is 10.6. The van der Waals surface area contributed by atoms with Gasteiger partial charge in [0.25, 0.3) is 0 Å². The molecule has 2 aromatic rings. The van der Waals surface area contributed by atoms with Gasteiger partial charge in [-0.3, -0.25) is 0 Å². The lowest BCUT2D eigenvalue weighted by Crippen LogP contribution is -1.97. The fourth-order valence-electron chi connectivity index (χ4n) is 1.98. The van der Waals surface area contributed by atoms with Gasteiger partial charge in [0.15, 0.2) is 11.5 Å². The summed E-state index contributed by atoms with van der Waals surface area (Å²) in [5, 5.41) is 9.98. The van der Waals surface area contributed by atoms with Crippen molar-refractivity contribution in [1.82, 2.24) is 4.98 Å². The van der Waals surface area contributed by atoms with Crippen LogP contribution in [0.5, 0.6) is 11.5 Å². The van der Waals surface area contributed by atoms with E-state index in [1.54, 1.807) is 12.1 Å². The topological polar surface area (TPSA) is 68.7 Å². The van der Waals surface area contributed by atoms with Crippen LogP contribution in [-0.2, 0) is 0 Å². The smallest absolute Gasteiger partial charge is 0.347 e. The molecular weight excluding hydrogens is 326 g/mol. The number of hydrogen-bond acceptors (Lipinski definition) is 5. The molecule has 0 saturated carbocycles. The maximum absolute atomic E-state index is 10.8. The summed E-state index contributed by atoms with van der Waals surface area (Å²) in [6, 6.07) is 3.62. The molecule has 0 atom stereocenters. The first-order valence-corrected chi connectivity index (χ1v) is 7.79. The molecule has 2 heterocycles. The molecule has 22 heavy (non-hydrogen) atoms. The number of aromatic nitrogens is 1. The Bertz CT molecular complexity index is 741. The Balaban J connectivity index is 1.85. The van der Waals surface area contributed by atoms with E-state index in [0.29, 0.717) is 34.7 Å². The highest BCUT2D eigenvalue weighted by Crippen LogP contribution is 2.38. The quantitative estimate of drug-likeness (QED) is 0.921. The zero-order chi connectivity index (χ0) is 15.5. The summed E-state index contributed by atoms with van der Waals surface area (Å²) in [5.74, 6) is 0.213. The molecule has 0 aliphatic carbocycles. The summed E-state index contributed by atoms with van der Waals surface area (Å²) in [4.78, 5) is 15.1. The van der Waals surface area contributed by atoms with E-state index in [1.807, 2.05) is 12.1 Å². The predicted octanol–water partition coefficient (Wildman–Crippen LogP) is 3.83.